The highest BCUT2D eigenvalue weighted by Gasteiger charge is 2.12. The van der Waals surface area contributed by atoms with Crippen LogP contribution in [0.4, 0.5) is 5.69 Å². The molecule has 0 bridgehead atoms. The van der Waals surface area contributed by atoms with Crippen molar-refractivity contribution in [1.82, 2.24) is 10.3 Å². The second-order valence-electron chi connectivity index (χ2n) is 7.44. The third-order valence-corrected chi connectivity index (χ3v) is 5.26. The molecular weight excluding hydrogens is 450 g/mol. The van der Waals surface area contributed by atoms with E-state index < -0.39 is 0 Å². The van der Waals surface area contributed by atoms with Gasteiger partial charge >= 0.3 is 0 Å². The van der Waals surface area contributed by atoms with Crippen LogP contribution < -0.4 is 24.8 Å². The van der Waals surface area contributed by atoms with Crippen LogP contribution in [0.1, 0.15) is 15.9 Å². The highest BCUT2D eigenvalue weighted by molar-refractivity contribution is 7.80. The number of fused-ring (bicyclic) bond motifs is 1. The largest absolute Gasteiger partial charge is 0.493 e. The van der Waals surface area contributed by atoms with Gasteiger partial charge in [0.25, 0.3) is 5.91 Å². The van der Waals surface area contributed by atoms with E-state index in [0.29, 0.717) is 34.2 Å². The van der Waals surface area contributed by atoms with Crippen molar-refractivity contribution in [2.75, 3.05) is 19.5 Å². The zero-order valence-electron chi connectivity index (χ0n) is 18.9. The van der Waals surface area contributed by atoms with Gasteiger partial charge in [0.05, 0.1) is 19.7 Å². The van der Waals surface area contributed by atoms with Crippen molar-refractivity contribution in [3.05, 3.63) is 84.1 Å². The zero-order chi connectivity index (χ0) is 24.1. The van der Waals surface area contributed by atoms with E-state index in [9.17, 15) is 4.79 Å². The maximum absolute atomic E-state index is 12.4. The minimum atomic E-state index is -0.266. The van der Waals surface area contributed by atoms with Crippen LogP contribution in [0, 0.1) is 6.92 Å². The molecule has 0 spiro atoms. The van der Waals surface area contributed by atoms with Crippen LogP contribution in [-0.4, -0.2) is 30.2 Å². The monoisotopic (exact) mass is 473 g/mol. The molecule has 172 valence electrons. The topological polar surface area (TPSA) is 81.7 Å². The van der Waals surface area contributed by atoms with E-state index in [-0.39, 0.29) is 11.0 Å². The number of amides is 1. The Morgan fingerprint density at radius 2 is 1.65 bits per heavy atom. The number of methoxy groups -OCH3 is 2. The van der Waals surface area contributed by atoms with Gasteiger partial charge < -0.3 is 19.5 Å². The van der Waals surface area contributed by atoms with Crippen molar-refractivity contribution >= 4 is 39.8 Å². The molecule has 0 radical (unpaired) electrons. The average molecular weight is 474 g/mol. The van der Waals surface area contributed by atoms with Gasteiger partial charge in [0.2, 0.25) is 0 Å². The van der Waals surface area contributed by atoms with E-state index in [1.807, 2.05) is 37.3 Å². The molecule has 0 saturated heterocycles. The summed E-state index contributed by atoms with van der Waals surface area (Å²) >= 11 is 5.28. The molecule has 34 heavy (non-hydrogen) atoms. The first-order valence-electron chi connectivity index (χ1n) is 10.4. The molecule has 0 aliphatic heterocycles. The Morgan fingerprint density at radius 1 is 0.912 bits per heavy atom. The van der Waals surface area contributed by atoms with Gasteiger partial charge in [-0.3, -0.25) is 15.1 Å². The van der Waals surface area contributed by atoms with Gasteiger partial charge in [-0.05, 0) is 67.7 Å². The normalized spacial score (nSPS) is 10.4. The predicted molar refractivity (Wildman–Crippen MR) is 136 cm³/mol. The molecular formula is C26H23N3O4S. The van der Waals surface area contributed by atoms with Crippen LogP contribution in [0.3, 0.4) is 0 Å². The quantitative estimate of drug-likeness (QED) is 0.359. The van der Waals surface area contributed by atoms with Crippen molar-refractivity contribution in [2.24, 2.45) is 0 Å². The summed E-state index contributed by atoms with van der Waals surface area (Å²) in [7, 11) is 3.17. The molecule has 4 aromatic rings. The van der Waals surface area contributed by atoms with Gasteiger partial charge in [0.15, 0.2) is 16.6 Å². The molecule has 0 aliphatic carbocycles. The number of rotatable bonds is 6. The lowest BCUT2D eigenvalue weighted by Crippen LogP contribution is -2.34. The maximum atomic E-state index is 12.4. The molecule has 1 heterocycles. The fourth-order valence-corrected chi connectivity index (χ4v) is 3.60. The number of nitrogens with one attached hydrogen (secondary N) is 2. The Labute approximate surface area is 202 Å². The SMILES string of the molecule is COc1cc2nccc(Oc3ccc(NC(=S)NC(=O)c4cccc(C)c4)cc3)c2cc1OC. The Kier molecular flexibility index (Phi) is 6.89. The molecule has 4 rings (SSSR count). The lowest BCUT2D eigenvalue weighted by atomic mass is 10.1. The summed E-state index contributed by atoms with van der Waals surface area (Å²) < 4.78 is 16.8. The molecule has 2 N–H and O–H groups in total. The van der Waals surface area contributed by atoms with E-state index in [2.05, 4.69) is 15.6 Å². The Balaban J connectivity index is 1.44. The molecule has 0 fully saturated rings. The second-order valence-corrected chi connectivity index (χ2v) is 7.85. The number of hydrogen-bond acceptors (Lipinski definition) is 6. The van der Waals surface area contributed by atoms with Gasteiger partial charge in [0.1, 0.15) is 11.5 Å². The van der Waals surface area contributed by atoms with Crippen molar-refractivity contribution in [2.45, 2.75) is 6.92 Å². The number of anilines is 1. The minimum Gasteiger partial charge on any atom is -0.493 e. The predicted octanol–water partition coefficient (Wildman–Crippen LogP) is 5.48. The standard InChI is InChI=1S/C26H23N3O4S/c1-16-5-4-6-17(13-16)25(30)29-26(34)28-18-7-9-19(10-8-18)33-22-11-12-27-21-15-24(32-3)23(31-2)14-20(21)22/h4-15H,1-3H3,(H2,28,29,30,34). The van der Waals surface area contributed by atoms with Crippen LogP contribution in [0.2, 0.25) is 0 Å². The molecule has 0 atom stereocenters. The molecule has 1 aromatic heterocycles. The van der Waals surface area contributed by atoms with Crippen LogP contribution in [0.25, 0.3) is 10.9 Å². The summed E-state index contributed by atoms with van der Waals surface area (Å²) in [5.74, 6) is 2.18. The van der Waals surface area contributed by atoms with Crippen molar-refractivity contribution in [3.8, 4) is 23.0 Å². The Morgan fingerprint density at radius 3 is 2.35 bits per heavy atom. The number of carbonyl (C=O) groups is 1. The van der Waals surface area contributed by atoms with Crippen molar-refractivity contribution < 1.29 is 19.0 Å². The van der Waals surface area contributed by atoms with Crippen molar-refractivity contribution in [3.63, 3.8) is 0 Å². The van der Waals surface area contributed by atoms with Crippen molar-refractivity contribution in [1.29, 1.82) is 0 Å². The van der Waals surface area contributed by atoms with Crippen LogP contribution in [-0.2, 0) is 0 Å². The molecule has 8 heteroatoms. The summed E-state index contributed by atoms with van der Waals surface area (Å²) in [6.07, 6.45) is 1.68. The molecule has 7 nitrogen and oxygen atoms in total. The summed E-state index contributed by atoms with van der Waals surface area (Å²) in [5.41, 5.74) is 2.99. The van der Waals surface area contributed by atoms with Crippen LogP contribution in [0.5, 0.6) is 23.0 Å². The number of ether oxygens (including phenoxy) is 3. The number of nitrogens with zero attached hydrogens (tertiary/aromatic N) is 1. The van der Waals surface area contributed by atoms with Gasteiger partial charge in [-0.1, -0.05) is 17.7 Å². The third kappa shape index (κ3) is 5.24. The molecule has 0 aliphatic rings. The third-order valence-electron chi connectivity index (χ3n) is 5.05. The Bertz CT molecular complexity index is 1360. The summed E-state index contributed by atoms with van der Waals surface area (Å²) in [5, 5.41) is 6.70. The minimum absolute atomic E-state index is 0.210. The van der Waals surface area contributed by atoms with Crippen LogP contribution in [0.15, 0.2) is 72.9 Å². The van der Waals surface area contributed by atoms with Crippen LogP contribution >= 0.6 is 12.2 Å². The number of aryl methyl sites for hydroxylation is 1. The number of hydrogen-bond donors (Lipinski definition) is 2. The van der Waals surface area contributed by atoms with Gasteiger partial charge in [0, 0.05) is 28.9 Å². The number of benzene rings is 3. The molecule has 1 amide bonds. The molecule has 0 saturated carbocycles. The molecule has 0 unspecified atom stereocenters. The first-order chi connectivity index (χ1) is 16.5. The summed E-state index contributed by atoms with van der Waals surface area (Å²) in [6, 6.07) is 20.0. The van der Waals surface area contributed by atoms with Gasteiger partial charge in [-0.2, -0.15) is 0 Å². The number of carbonyl (C=O) groups excluding carboxylic acids is 1. The van der Waals surface area contributed by atoms with E-state index >= 15 is 0 Å². The lowest BCUT2D eigenvalue weighted by molar-refractivity contribution is 0.0977. The fraction of sp³-hybridized carbons (Fsp3) is 0.115. The van der Waals surface area contributed by atoms with E-state index in [0.717, 1.165) is 16.5 Å². The first kappa shape index (κ1) is 23.0. The van der Waals surface area contributed by atoms with E-state index in [1.54, 1.807) is 56.8 Å². The average Bonchev–Trinajstić information content (AvgIpc) is 2.84. The first-order valence-corrected chi connectivity index (χ1v) is 10.9. The van der Waals surface area contributed by atoms with E-state index in [4.69, 9.17) is 26.4 Å². The lowest BCUT2D eigenvalue weighted by Gasteiger charge is -2.13. The van der Waals surface area contributed by atoms with Gasteiger partial charge in [-0.25, -0.2) is 0 Å². The smallest absolute Gasteiger partial charge is 0.257 e. The van der Waals surface area contributed by atoms with E-state index in [1.165, 1.54) is 0 Å². The zero-order valence-corrected chi connectivity index (χ0v) is 19.7. The summed E-state index contributed by atoms with van der Waals surface area (Å²) in [4.78, 5) is 16.8. The highest BCUT2D eigenvalue weighted by Crippen LogP contribution is 2.36. The molecule has 3 aromatic carbocycles. The number of thiocarbonyl (C=S) groups is 1. The fourth-order valence-electron chi connectivity index (χ4n) is 3.39. The van der Waals surface area contributed by atoms with Gasteiger partial charge in [-0.15, -0.1) is 0 Å². The second kappa shape index (κ2) is 10.2. The number of aromatic nitrogens is 1. The Hall–Kier alpha value is -4.17. The maximum Gasteiger partial charge on any atom is 0.257 e. The highest BCUT2D eigenvalue weighted by atomic mass is 32.1. The number of pyridine rings is 1. The summed E-state index contributed by atoms with van der Waals surface area (Å²) in [6.45, 7) is 1.93.